The molecule has 1 saturated heterocycles. The average Bonchev–Trinajstić information content (AvgIpc) is 3.40. The Bertz CT molecular complexity index is 1510. The molecule has 0 bridgehead atoms. The van der Waals surface area contributed by atoms with Crippen molar-refractivity contribution in [1.29, 1.82) is 0 Å². The number of aliphatic hydroxyl groups excluding tert-OH is 1. The third kappa shape index (κ3) is 4.90. The summed E-state index contributed by atoms with van der Waals surface area (Å²) in [5.74, 6) is 2.54. The standard InChI is InChI=1S/C31H35N7O/c1-21(2)24-11-7-15-38-28(24)35-30(37-16-13-31(32,20-39)14-17-37)36-29(38)33-19-23-9-3-5-10-25(23)27-18-22-8-4-6-12-26(22)34-27/h3-6,8-12,15,18,21,34,39H,13-14,16-17,19-20,32H2,1-2H3,(H,33,35,36). The van der Waals surface area contributed by atoms with Crippen molar-refractivity contribution in [3.8, 4) is 11.3 Å². The molecule has 3 aliphatic rings. The van der Waals surface area contributed by atoms with Crippen LogP contribution in [-0.4, -0.2) is 57.0 Å². The monoisotopic (exact) mass is 521 g/mol. The SMILES string of the molecule is CC(C)C1=C2N=C(N3CCC(N)(CO)CC3)N=C(NCc3ccccc3-c3cc4ccccc4[nH]3)N2C=C=C1. The predicted octanol–water partition coefficient (Wildman–Crippen LogP) is 4.29. The van der Waals surface area contributed by atoms with Crippen LogP contribution in [0.5, 0.6) is 0 Å². The van der Waals surface area contributed by atoms with E-state index in [2.05, 4.69) is 83.3 Å². The Balaban J connectivity index is 1.31. The molecule has 0 saturated carbocycles. The zero-order chi connectivity index (χ0) is 27.0. The van der Waals surface area contributed by atoms with Crippen LogP contribution in [0.25, 0.3) is 22.2 Å². The van der Waals surface area contributed by atoms with Crippen LogP contribution in [0.2, 0.25) is 0 Å². The molecule has 1 aromatic heterocycles. The van der Waals surface area contributed by atoms with Gasteiger partial charge in [-0.05, 0) is 42.5 Å². The Morgan fingerprint density at radius 1 is 1.10 bits per heavy atom. The second-order valence-electron chi connectivity index (χ2n) is 10.9. The van der Waals surface area contributed by atoms with Gasteiger partial charge in [-0.3, -0.25) is 4.90 Å². The molecular formula is C31H35N7O. The molecule has 0 aliphatic carbocycles. The smallest absolute Gasteiger partial charge is 0.230 e. The summed E-state index contributed by atoms with van der Waals surface area (Å²) in [6, 6.07) is 19.0. The molecule has 1 fully saturated rings. The van der Waals surface area contributed by atoms with E-state index in [-0.39, 0.29) is 12.5 Å². The van der Waals surface area contributed by atoms with Crippen LogP contribution in [-0.2, 0) is 6.54 Å². The minimum absolute atomic E-state index is 0.00874. The fourth-order valence-corrected chi connectivity index (χ4v) is 5.35. The first-order chi connectivity index (χ1) is 18.9. The Hall–Kier alpha value is -4.10. The molecule has 0 atom stereocenters. The van der Waals surface area contributed by atoms with Crippen LogP contribution in [0.15, 0.2) is 94.0 Å². The highest BCUT2D eigenvalue weighted by Gasteiger charge is 2.34. The van der Waals surface area contributed by atoms with Crippen LogP contribution < -0.4 is 11.1 Å². The number of allylic oxidation sites excluding steroid dienone is 2. The third-order valence-corrected chi connectivity index (χ3v) is 7.82. The van der Waals surface area contributed by atoms with Crippen LogP contribution in [0.3, 0.4) is 0 Å². The van der Waals surface area contributed by atoms with Gasteiger partial charge in [0.05, 0.1) is 12.8 Å². The van der Waals surface area contributed by atoms with E-state index in [0.29, 0.717) is 44.4 Å². The minimum atomic E-state index is -0.534. The van der Waals surface area contributed by atoms with E-state index in [4.69, 9.17) is 15.7 Å². The van der Waals surface area contributed by atoms with Gasteiger partial charge in [-0.1, -0.05) is 56.3 Å². The maximum atomic E-state index is 9.72. The number of rotatable bonds is 5. The lowest BCUT2D eigenvalue weighted by atomic mass is 9.90. The first-order valence-corrected chi connectivity index (χ1v) is 13.6. The van der Waals surface area contributed by atoms with Gasteiger partial charge in [0.2, 0.25) is 11.9 Å². The summed E-state index contributed by atoms with van der Waals surface area (Å²) in [4.78, 5) is 17.7. The number of guanidine groups is 2. The third-order valence-electron chi connectivity index (χ3n) is 7.82. The highest BCUT2D eigenvalue weighted by atomic mass is 16.3. The molecule has 3 aromatic rings. The van der Waals surface area contributed by atoms with Gasteiger partial charge in [0.15, 0.2) is 0 Å². The van der Waals surface area contributed by atoms with E-state index in [1.54, 1.807) is 0 Å². The average molecular weight is 522 g/mol. The number of likely N-dealkylation sites (tertiary alicyclic amines) is 1. The molecule has 200 valence electrons. The van der Waals surface area contributed by atoms with Crippen molar-refractivity contribution in [1.82, 2.24) is 20.1 Å². The first-order valence-electron chi connectivity index (χ1n) is 13.6. The van der Waals surface area contributed by atoms with Gasteiger partial charge in [-0.2, -0.15) is 9.98 Å². The van der Waals surface area contributed by atoms with Crippen LogP contribution >= 0.6 is 0 Å². The number of hydrogen-bond acceptors (Lipinski definition) is 7. The molecular weight excluding hydrogens is 486 g/mol. The van der Waals surface area contributed by atoms with E-state index in [9.17, 15) is 5.11 Å². The number of nitrogens with two attached hydrogens (primary N) is 1. The topological polar surface area (TPSA) is 105 Å². The van der Waals surface area contributed by atoms with Crippen molar-refractivity contribution >= 4 is 22.8 Å². The molecule has 8 heteroatoms. The quantitative estimate of drug-likeness (QED) is 0.375. The molecule has 4 heterocycles. The Kier molecular flexibility index (Phi) is 6.61. The van der Waals surface area contributed by atoms with Gasteiger partial charge in [0.25, 0.3) is 0 Å². The van der Waals surface area contributed by atoms with Crippen molar-refractivity contribution in [2.45, 2.75) is 38.8 Å². The van der Waals surface area contributed by atoms with E-state index in [1.165, 1.54) is 5.39 Å². The normalized spacial score (nSPS) is 18.5. The molecule has 8 nitrogen and oxygen atoms in total. The van der Waals surface area contributed by atoms with Crippen molar-refractivity contribution in [2.24, 2.45) is 21.6 Å². The number of aromatic nitrogens is 1. The minimum Gasteiger partial charge on any atom is -0.394 e. The van der Waals surface area contributed by atoms with Gasteiger partial charge in [-0.15, -0.1) is 5.73 Å². The van der Waals surface area contributed by atoms with E-state index < -0.39 is 5.54 Å². The molecule has 39 heavy (non-hydrogen) atoms. The summed E-state index contributed by atoms with van der Waals surface area (Å²) in [5, 5.41) is 14.5. The van der Waals surface area contributed by atoms with E-state index in [0.717, 1.165) is 33.7 Å². The maximum absolute atomic E-state index is 9.72. The molecule has 0 amide bonds. The highest BCUT2D eigenvalue weighted by molar-refractivity contribution is 5.99. The predicted molar refractivity (Wildman–Crippen MR) is 157 cm³/mol. The summed E-state index contributed by atoms with van der Waals surface area (Å²) in [7, 11) is 0. The highest BCUT2D eigenvalue weighted by Crippen LogP contribution is 2.30. The van der Waals surface area contributed by atoms with Gasteiger partial charge in [0.1, 0.15) is 5.82 Å². The second kappa shape index (κ2) is 10.2. The number of piperidine rings is 1. The number of aromatic amines is 1. The van der Waals surface area contributed by atoms with Crippen LogP contribution in [0.4, 0.5) is 0 Å². The van der Waals surface area contributed by atoms with Crippen molar-refractivity contribution in [3.05, 3.63) is 89.6 Å². The number of hydrogen-bond donors (Lipinski definition) is 4. The number of aliphatic imine (C=N–C) groups is 2. The molecule has 2 aromatic carbocycles. The zero-order valence-electron chi connectivity index (χ0n) is 22.5. The number of nitrogens with zero attached hydrogens (tertiary/aromatic N) is 4. The molecule has 0 spiro atoms. The lowest BCUT2D eigenvalue weighted by Crippen LogP contribution is -2.54. The summed E-state index contributed by atoms with van der Waals surface area (Å²) in [5.41, 5.74) is 14.7. The van der Waals surface area contributed by atoms with Crippen LogP contribution in [0.1, 0.15) is 32.3 Å². The molecule has 6 rings (SSSR count). The lowest BCUT2D eigenvalue weighted by molar-refractivity contribution is 0.134. The summed E-state index contributed by atoms with van der Waals surface area (Å²) in [6.07, 6.45) is 5.29. The second-order valence-corrected chi connectivity index (χ2v) is 10.9. The molecule has 3 aliphatic heterocycles. The van der Waals surface area contributed by atoms with Gasteiger partial charge in [-0.25, -0.2) is 0 Å². The maximum Gasteiger partial charge on any atom is 0.230 e. The lowest BCUT2D eigenvalue weighted by Gasteiger charge is -2.40. The molecule has 0 unspecified atom stereocenters. The van der Waals surface area contributed by atoms with Crippen molar-refractivity contribution < 1.29 is 5.11 Å². The number of nitrogens with one attached hydrogen (secondary N) is 2. The Morgan fingerprint density at radius 3 is 2.64 bits per heavy atom. The van der Waals surface area contributed by atoms with Crippen molar-refractivity contribution in [3.63, 3.8) is 0 Å². The fraction of sp³-hybridized carbons (Fsp3) is 0.323. The van der Waals surface area contributed by atoms with Gasteiger partial charge < -0.3 is 26.0 Å². The number of benzene rings is 2. The largest absolute Gasteiger partial charge is 0.394 e. The van der Waals surface area contributed by atoms with E-state index >= 15 is 0 Å². The van der Waals surface area contributed by atoms with Gasteiger partial charge >= 0.3 is 0 Å². The zero-order valence-corrected chi connectivity index (χ0v) is 22.5. The summed E-state index contributed by atoms with van der Waals surface area (Å²) < 4.78 is 0. The first kappa shape index (κ1) is 25.2. The fourth-order valence-electron chi connectivity index (χ4n) is 5.35. The van der Waals surface area contributed by atoms with Crippen molar-refractivity contribution in [2.75, 3.05) is 19.7 Å². The number of aliphatic hydroxyl groups is 1. The number of para-hydroxylation sites is 1. The van der Waals surface area contributed by atoms with Gasteiger partial charge in [0, 0.05) is 52.9 Å². The Labute approximate surface area is 228 Å². The van der Waals surface area contributed by atoms with Crippen LogP contribution in [0, 0.1) is 5.92 Å². The Morgan fingerprint density at radius 2 is 1.87 bits per heavy atom. The molecule has 5 N–H and O–H groups in total. The van der Waals surface area contributed by atoms with E-state index in [1.807, 2.05) is 23.2 Å². The number of H-pyrrole nitrogens is 1. The summed E-state index contributed by atoms with van der Waals surface area (Å²) in [6.45, 7) is 6.31. The number of fused-ring (bicyclic) bond motifs is 2. The summed E-state index contributed by atoms with van der Waals surface area (Å²) >= 11 is 0. The molecule has 0 radical (unpaired) electrons.